The molecule has 0 aliphatic carbocycles. The largest absolute Gasteiger partial charge is 0.466 e. The minimum absolute atomic E-state index is 0.0676. The van der Waals surface area contributed by atoms with E-state index in [1.54, 1.807) is 6.92 Å². The van der Waals surface area contributed by atoms with Crippen molar-refractivity contribution in [1.82, 2.24) is 0 Å². The first kappa shape index (κ1) is 12.6. The van der Waals surface area contributed by atoms with Gasteiger partial charge in [-0.1, -0.05) is 11.6 Å². The molecule has 86 valence electrons. The Morgan fingerprint density at radius 1 is 1.38 bits per heavy atom. The van der Waals surface area contributed by atoms with Crippen LogP contribution in [0.15, 0.2) is 18.2 Å². The van der Waals surface area contributed by atoms with Gasteiger partial charge in [-0.3, -0.25) is 9.59 Å². The van der Waals surface area contributed by atoms with Crippen LogP contribution in [0, 0.1) is 5.82 Å². The number of halogens is 2. The van der Waals surface area contributed by atoms with Crippen molar-refractivity contribution in [2.45, 2.75) is 13.3 Å². The fourth-order valence-electron chi connectivity index (χ4n) is 1.16. The molecule has 0 bridgehead atoms. The lowest BCUT2D eigenvalue weighted by atomic mass is 10.1. The van der Waals surface area contributed by atoms with Crippen LogP contribution in [0.1, 0.15) is 23.7 Å². The second kappa shape index (κ2) is 5.61. The third-order valence-corrected chi connectivity index (χ3v) is 2.01. The summed E-state index contributed by atoms with van der Waals surface area (Å²) < 4.78 is 17.5. The number of hydrogen-bond acceptors (Lipinski definition) is 3. The average molecular weight is 245 g/mol. The van der Waals surface area contributed by atoms with Crippen LogP contribution in [-0.4, -0.2) is 18.4 Å². The Hall–Kier alpha value is -1.42. The number of carbonyl (C=O) groups excluding carboxylic acids is 2. The van der Waals surface area contributed by atoms with Crippen LogP contribution in [0.25, 0.3) is 0 Å². The summed E-state index contributed by atoms with van der Waals surface area (Å²) >= 11 is 5.58. The zero-order chi connectivity index (χ0) is 12.1. The molecule has 0 unspecified atom stereocenters. The first-order valence-corrected chi connectivity index (χ1v) is 5.05. The molecule has 0 aliphatic rings. The Bertz CT molecular complexity index is 397. The quantitative estimate of drug-likeness (QED) is 0.465. The van der Waals surface area contributed by atoms with Gasteiger partial charge < -0.3 is 4.74 Å². The van der Waals surface area contributed by atoms with Crippen LogP contribution in [0.5, 0.6) is 0 Å². The predicted molar refractivity (Wildman–Crippen MR) is 57.0 cm³/mol. The molecule has 16 heavy (non-hydrogen) atoms. The van der Waals surface area contributed by atoms with E-state index in [1.165, 1.54) is 6.07 Å². The maximum absolute atomic E-state index is 12.9. The number of rotatable bonds is 4. The molecule has 1 aromatic rings. The van der Waals surface area contributed by atoms with E-state index in [0.29, 0.717) is 0 Å². The molecule has 0 heterocycles. The van der Waals surface area contributed by atoms with E-state index >= 15 is 0 Å². The molecule has 1 aromatic carbocycles. The van der Waals surface area contributed by atoms with Crippen LogP contribution in [-0.2, 0) is 9.53 Å². The topological polar surface area (TPSA) is 43.4 Å². The molecule has 0 radical (unpaired) electrons. The predicted octanol–water partition coefficient (Wildman–Crippen LogP) is 2.62. The van der Waals surface area contributed by atoms with Gasteiger partial charge in [0.1, 0.15) is 12.2 Å². The van der Waals surface area contributed by atoms with Crippen molar-refractivity contribution in [3.05, 3.63) is 34.6 Å². The maximum atomic E-state index is 12.9. The number of esters is 1. The lowest BCUT2D eigenvalue weighted by molar-refractivity contribution is -0.141. The van der Waals surface area contributed by atoms with Gasteiger partial charge in [-0.2, -0.15) is 0 Å². The molecule has 0 saturated carbocycles. The third-order valence-electron chi connectivity index (χ3n) is 1.79. The number of Topliss-reactive ketones (excluding diaryl/α,β-unsaturated/α-hetero) is 1. The number of ketones is 1. The van der Waals surface area contributed by atoms with Gasteiger partial charge in [0.2, 0.25) is 0 Å². The van der Waals surface area contributed by atoms with E-state index < -0.39 is 24.0 Å². The fourth-order valence-corrected chi connectivity index (χ4v) is 1.38. The summed E-state index contributed by atoms with van der Waals surface area (Å²) in [6.07, 6.45) is -0.409. The van der Waals surface area contributed by atoms with Crippen molar-refractivity contribution in [3.63, 3.8) is 0 Å². The molecule has 0 N–H and O–H groups in total. The molecular formula is C11H10ClFO3. The first-order chi connectivity index (χ1) is 7.52. The summed E-state index contributed by atoms with van der Waals surface area (Å²) in [6, 6.07) is 3.43. The molecule has 1 rings (SSSR count). The Morgan fingerprint density at radius 2 is 2.06 bits per heavy atom. The summed E-state index contributed by atoms with van der Waals surface area (Å²) in [4.78, 5) is 22.5. The molecule has 0 atom stereocenters. The standard InChI is InChI=1S/C11H10ClFO3/c1-2-16-11(15)6-10(14)7-3-8(12)5-9(13)4-7/h3-5H,2,6H2,1H3. The molecule has 0 aromatic heterocycles. The Morgan fingerprint density at radius 3 is 2.62 bits per heavy atom. The number of benzene rings is 1. The molecular weight excluding hydrogens is 235 g/mol. The van der Waals surface area contributed by atoms with Crippen LogP contribution < -0.4 is 0 Å². The normalized spacial score (nSPS) is 9.94. The van der Waals surface area contributed by atoms with Crippen molar-refractivity contribution in [3.8, 4) is 0 Å². The lowest BCUT2D eigenvalue weighted by Crippen LogP contribution is -2.11. The average Bonchev–Trinajstić information content (AvgIpc) is 2.16. The van der Waals surface area contributed by atoms with Gasteiger partial charge in [0.25, 0.3) is 0 Å². The second-order valence-corrected chi connectivity index (χ2v) is 3.50. The highest BCUT2D eigenvalue weighted by molar-refractivity contribution is 6.31. The molecule has 0 amide bonds. The van der Waals surface area contributed by atoms with E-state index in [2.05, 4.69) is 4.74 Å². The van der Waals surface area contributed by atoms with E-state index in [-0.39, 0.29) is 17.2 Å². The van der Waals surface area contributed by atoms with Crippen LogP contribution in [0.2, 0.25) is 5.02 Å². The molecule has 0 saturated heterocycles. The monoisotopic (exact) mass is 244 g/mol. The van der Waals surface area contributed by atoms with Gasteiger partial charge in [0.05, 0.1) is 6.61 Å². The van der Waals surface area contributed by atoms with Crippen molar-refractivity contribution in [2.75, 3.05) is 6.61 Å². The maximum Gasteiger partial charge on any atom is 0.313 e. The molecule has 0 fully saturated rings. The van der Waals surface area contributed by atoms with Gasteiger partial charge >= 0.3 is 5.97 Å². The zero-order valence-corrected chi connectivity index (χ0v) is 9.38. The Kier molecular flexibility index (Phi) is 4.43. The van der Waals surface area contributed by atoms with Crippen molar-refractivity contribution in [1.29, 1.82) is 0 Å². The summed E-state index contributed by atoms with van der Waals surface area (Å²) in [6.45, 7) is 1.84. The van der Waals surface area contributed by atoms with Crippen LogP contribution in [0.4, 0.5) is 4.39 Å². The van der Waals surface area contributed by atoms with Gasteiger partial charge in [-0.25, -0.2) is 4.39 Å². The smallest absolute Gasteiger partial charge is 0.313 e. The van der Waals surface area contributed by atoms with Gasteiger partial charge in [-0.05, 0) is 25.1 Å². The highest BCUT2D eigenvalue weighted by atomic mass is 35.5. The Labute approximate surface area is 97.2 Å². The summed E-state index contributed by atoms with van der Waals surface area (Å²) in [5.74, 6) is -1.76. The van der Waals surface area contributed by atoms with Gasteiger partial charge in [0.15, 0.2) is 5.78 Å². The minimum atomic E-state index is -0.632. The van der Waals surface area contributed by atoms with Crippen LogP contribution in [0.3, 0.4) is 0 Å². The van der Waals surface area contributed by atoms with Gasteiger partial charge in [0, 0.05) is 10.6 Å². The summed E-state index contributed by atoms with van der Waals surface area (Å²) in [5.41, 5.74) is 0.0676. The summed E-state index contributed by atoms with van der Waals surface area (Å²) in [5, 5.41) is 0.118. The number of carbonyl (C=O) groups is 2. The molecule has 0 aliphatic heterocycles. The molecule has 3 nitrogen and oxygen atoms in total. The van der Waals surface area contributed by atoms with E-state index in [4.69, 9.17) is 11.6 Å². The first-order valence-electron chi connectivity index (χ1n) is 4.68. The van der Waals surface area contributed by atoms with E-state index in [1.807, 2.05) is 0 Å². The SMILES string of the molecule is CCOC(=O)CC(=O)c1cc(F)cc(Cl)c1. The molecule has 5 heteroatoms. The van der Waals surface area contributed by atoms with Crippen molar-refractivity contribution < 1.29 is 18.7 Å². The van der Waals surface area contributed by atoms with Crippen LogP contribution >= 0.6 is 11.6 Å². The lowest BCUT2D eigenvalue weighted by Gasteiger charge is -2.02. The molecule has 0 spiro atoms. The highest BCUT2D eigenvalue weighted by Crippen LogP contribution is 2.15. The second-order valence-electron chi connectivity index (χ2n) is 3.06. The fraction of sp³-hybridized carbons (Fsp3) is 0.273. The zero-order valence-electron chi connectivity index (χ0n) is 8.63. The minimum Gasteiger partial charge on any atom is -0.466 e. The third kappa shape index (κ3) is 3.62. The van der Waals surface area contributed by atoms with Gasteiger partial charge in [-0.15, -0.1) is 0 Å². The van der Waals surface area contributed by atoms with E-state index in [9.17, 15) is 14.0 Å². The number of hydrogen-bond donors (Lipinski definition) is 0. The Balaban J connectivity index is 2.76. The summed E-state index contributed by atoms with van der Waals surface area (Å²) in [7, 11) is 0. The number of ether oxygens (including phenoxy) is 1. The van der Waals surface area contributed by atoms with E-state index in [0.717, 1.165) is 12.1 Å². The van der Waals surface area contributed by atoms with Crippen molar-refractivity contribution >= 4 is 23.4 Å². The highest BCUT2D eigenvalue weighted by Gasteiger charge is 2.13. The van der Waals surface area contributed by atoms with Crippen molar-refractivity contribution in [2.24, 2.45) is 0 Å².